The van der Waals surface area contributed by atoms with Crippen molar-refractivity contribution in [1.29, 1.82) is 0 Å². The zero-order valence-electron chi connectivity index (χ0n) is 15.0. The molecule has 1 N–H and O–H groups in total. The van der Waals surface area contributed by atoms with E-state index >= 15 is 0 Å². The number of methoxy groups -OCH3 is 3. The van der Waals surface area contributed by atoms with Gasteiger partial charge >= 0.3 is 0 Å². The number of rotatable bonds is 9. The Labute approximate surface area is 152 Å². The number of oxime groups is 1. The lowest BCUT2D eigenvalue weighted by molar-refractivity contribution is -0.125. The van der Waals surface area contributed by atoms with Crippen LogP contribution in [0.3, 0.4) is 0 Å². The van der Waals surface area contributed by atoms with Crippen LogP contribution >= 0.6 is 0 Å². The molecular formula is C19H22N2O5. The highest BCUT2D eigenvalue weighted by Gasteiger charge is 2.06. The van der Waals surface area contributed by atoms with Crippen molar-refractivity contribution in [3.05, 3.63) is 53.6 Å². The Kier molecular flexibility index (Phi) is 7.30. The molecule has 2 aromatic carbocycles. The van der Waals surface area contributed by atoms with Crippen LogP contribution in [0.4, 0.5) is 0 Å². The average Bonchev–Trinajstić information content (AvgIpc) is 2.69. The normalized spacial score (nSPS) is 10.4. The average molecular weight is 358 g/mol. The highest BCUT2D eigenvalue weighted by atomic mass is 16.6. The zero-order chi connectivity index (χ0) is 18.8. The van der Waals surface area contributed by atoms with Gasteiger partial charge in [0, 0.05) is 12.1 Å². The standard InChI is InChI=1S/C19H22N2O5/c1-23-16-7-5-4-6-15(16)12-21-26-13-19(22)20-11-14-8-9-17(24-2)18(10-14)25-3/h4-10,12H,11,13H2,1-3H3,(H,20,22)/b21-12-. The second-order valence-electron chi connectivity index (χ2n) is 5.22. The molecule has 0 aliphatic rings. The van der Waals surface area contributed by atoms with Crippen molar-refractivity contribution in [3.63, 3.8) is 0 Å². The van der Waals surface area contributed by atoms with E-state index in [1.54, 1.807) is 33.5 Å². The molecule has 0 unspecified atom stereocenters. The minimum atomic E-state index is -0.281. The third-order valence-corrected chi connectivity index (χ3v) is 3.54. The first-order valence-electron chi connectivity index (χ1n) is 7.94. The molecule has 7 heteroatoms. The van der Waals surface area contributed by atoms with Crippen molar-refractivity contribution in [2.75, 3.05) is 27.9 Å². The number of ether oxygens (including phenoxy) is 3. The van der Waals surface area contributed by atoms with Crippen molar-refractivity contribution >= 4 is 12.1 Å². The van der Waals surface area contributed by atoms with E-state index in [1.807, 2.05) is 30.3 Å². The summed E-state index contributed by atoms with van der Waals surface area (Å²) >= 11 is 0. The lowest BCUT2D eigenvalue weighted by atomic mass is 10.2. The van der Waals surface area contributed by atoms with Gasteiger partial charge in [-0.25, -0.2) is 0 Å². The summed E-state index contributed by atoms with van der Waals surface area (Å²) in [7, 11) is 4.71. The summed E-state index contributed by atoms with van der Waals surface area (Å²) in [5.74, 6) is 1.64. The van der Waals surface area contributed by atoms with Crippen LogP contribution in [0.25, 0.3) is 0 Å². The fourth-order valence-corrected chi connectivity index (χ4v) is 2.21. The van der Waals surface area contributed by atoms with Gasteiger partial charge in [0.1, 0.15) is 5.75 Å². The van der Waals surface area contributed by atoms with Gasteiger partial charge in [0.25, 0.3) is 5.91 Å². The Hall–Kier alpha value is -3.22. The molecule has 138 valence electrons. The van der Waals surface area contributed by atoms with Crippen LogP contribution in [0.2, 0.25) is 0 Å². The first-order valence-corrected chi connectivity index (χ1v) is 7.94. The summed E-state index contributed by atoms with van der Waals surface area (Å²) in [5, 5.41) is 6.54. The number of amides is 1. The third kappa shape index (κ3) is 5.41. The number of carbonyl (C=O) groups is 1. The molecule has 26 heavy (non-hydrogen) atoms. The molecule has 0 heterocycles. The van der Waals surface area contributed by atoms with Crippen LogP contribution in [0, 0.1) is 0 Å². The summed E-state index contributed by atoms with van der Waals surface area (Å²) in [5.41, 5.74) is 1.65. The molecular weight excluding hydrogens is 336 g/mol. The SMILES string of the molecule is COc1ccccc1/C=N\OCC(=O)NCc1ccc(OC)c(OC)c1. The van der Waals surface area contributed by atoms with Crippen LogP contribution in [-0.2, 0) is 16.2 Å². The van der Waals surface area contributed by atoms with Crippen LogP contribution in [0.5, 0.6) is 17.2 Å². The number of carbonyl (C=O) groups excluding carboxylic acids is 1. The maximum atomic E-state index is 11.8. The number of benzene rings is 2. The fourth-order valence-electron chi connectivity index (χ4n) is 2.21. The minimum Gasteiger partial charge on any atom is -0.496 e. The number of nitrogens with one attached hydrogen (secondary N) is 1. The van der Waals surface area contributed by atoms with Gasteiger partial charge in [0.2, 0.25) is 0 Å². The largest absolute Gasteiger partial charge is 0.496 e. The summed E-state index contributed by atoms with van der Waals surface area (Å²) in [4.78, 5) is 16.9. The van der Waals surface area contributed by atoms with Crippen LogP contribution in [0.1, 0.15) is 11.1 Å². The van der Waals surface area contributed by atoms with Gasteiger partial charge in [-0.2, -0.15) is 0 Å². The number of para-hydroxylation sites is 1. The van der Waals surface area contributed by atoms with Gasteiger partial charge in [0.05, 0.1) is 27.5 Å². The first-order chi connectivity index (χ1) is 12.7. The van der Waals surface area contributed by atoms with E-state index in [2.05, 4.69) is 10.5 Å². The molecule has 0 bridgehead atoms. The van der Waals surface area contributed by atoms with E-state index in [0.717, 1.165) is 11.1 Å². The van der Waals surface area contributed by atoms with E-state index in [-0.39, 0.29) is 12.5 Å². The number of nitrogens with zero attached hydrogens (tertiary/aromatic N) is 1. The van der Waals surface area contributed by atoms with Gasteiger partial charge in [0.15, 0.2) is 18.1 Å². The van der Waals surface area contributed by atoms with Crippen molar-refractivity contribution in [2.45, 2.75) is 6.54 Å². The van der Waals surface area contributed by atoms with Crippen molar-refractivity contribution in [2.24, 2.45) is 5.16 Å². The molecule has 0 fully saturated rings. The van der Waals surface area contributed by atoms with Crippen LogP contribution in [0.15, 0.2) is 47.6 Å². The Balaban J connectivity index is 1.79. The third-order valence-electron chi connectivity index (χ3n) is 3.54. The minimum absolute atomic E-state index is 0.182. The lowest BCUT2D eigenvalue weighted by Crippen LogP contribution is -2.26. The van der Waals surface area contributed by atoms with E-state index < -0.39 is 0 Å². The molecule has 0 aliphatic carbocycles. The summed E-state index contributed by atoms with van der Waals surface area (Å²) in [6, 6.07) is 12.8. The van der Waals surface area contributed by atoms with Crippen molar-refractivity contribution in [3.8, 4) is 17.2 Å². The predicted octanol–water partition coefficient (Wildman–Crippen LogP) is 2.38. The molecule has 0 spiro atoms. The Bertz CT molecular complexity index is 761. The molecule has 7 nitrogen and oxygen atoms in total. The first kappa shape index (κ1) is 19.1. The molecule has 0 radical (unpaired) electrons. The summed E-state index contributed by atoms with van der Waals surface area (Å²) in [6.45, 7) is 0.164. The van der Waals surface area contributed by atoms with Gasteiger partial charge < -0.3 is 24.4 Å². The topological polar surface area (TPSA) is 78.4 Å². The molecule has 0 saturated carbocycles. The molecule has 0 atom stereocenters. The maximum absolute atomic E-state index is 11.8. The second-order valence-corrected chi connectivity index (χ2v) is 5.22. The van der Waals surface area contributed by atoms with E-state index in [1.165, 1.54) is 6.21 Å². The van der Waals surface area contributed by atoms with Gasteiger partial charge in [-0.05, 0) is 29.8 Å². The smallest absolute Gasteiger partial charge is 0.261 e. The summed E-state index contributed by atoms with van der Waals surface area (Å²) in [6.07, 6.45) is 1.50. The molecule has 0 aliphatic heterocycles. The van der Waals surface area contributed by atoms with E-state index in [9.17, 15) is 4.79 Å². The highest BCUT2D eigenvalue weighted by Crippen LogP contribution is 2.27. The monoisotopic (exact) mass is 358 g/mol. The number of hydrogen-bond donors (Lipinski definition) is 1. The van der Waals surface area contributed by atoms with E-state index in [4.69, 9.17) is 19.0 Å². The summed E-state index contributed by atoms with van der Waals surface area (Å²) < 4.78 is 15.6. The Morgan fingerprint density at radius 3 is 2.46 bits per heavy atom. The van der Waals surface area contributed by atoms with Crippen LogP contribution < -0.4 is 19.5 Å². The van der Waals surface area contributed by atoms with Crippen molar-refractivity contribution < 1.29 is 23.8 Å². The lowest BCUT2D eigenvalue weighted by Gasteiger charge is -2.10. The Morgan fingerprint density at radius 1 is 1.00 bits per heavy atom. The second kappa shape index (κ2) is 9.93. The van der Waals surface area contributed by atoms with Gasteiger partial charge in [-0.3, -0.25) is 4.79 Å². The predicted molar refractivity (Wildman–Crippen MR) is 97.9 cm³/mol. The fraction of sp³-hybridized carbons (Fsp3) is 0.263. The maximum Gasteiger partial charge on any atom is 0.261 e. The van der Waals surface area contributed by atoms with Gasteiger partial charge in [-0.15, -0.1) is 0 Å². The Morgan fingerprint density at radius 2 is 1.73 bits per heavy atom. The molecule has 0 saturated heterocycles. The van der Waals surface area contributed by atoms with Crippen LogP contribution in [-0.4, -0.2) is 40.1 Å². The van der Waals surface area contributed by atoms with Crippen molar-refractivity contribution in [1.82, 2.24) is 5.32 Å². The molecule has 0 aromatic heterocycles. The zero-order valence-corrected chi connectivity index (χ0v) is 15.0. The molecule has 1 amide bonds. The quantitative estimate of drug-likeness (QED) is 0.550. The molecule has 2 aromatic rings. The number of hydrogen-bond acceptors (Lipinski definition) is 6. The molecule has 2 rings (SSSR count). The highest BCUT2D eigenvalue weighted by molar-refractivity contribution is 5.83. The van der Waals surface area contributed by atoms with Gasteiger partial charge in [-0.1, -0.05) is 23.4 Å². The van der Waals surface area contributed by atoms with E-state index in [0.29, 0.717) is 23.8 Å².